The monoisotopic (exact) mass is 225 g/mol. The number of carbonyl (C=O) groups excluding carboxylic acids is 1. The van der Waals surface area contributed by atoms with Crippen LogP contribution in [0.25, 0.3) is 0 Å². The summed E-state index contributed by atoms with van der Waals surface area (Å²) in [6.45, 7) is 7.25. The molecule has 2 rings (SSSR count). The van der Waals surface area contributed by atoms with E-state index in [0.717, 1.165) is 32.5 Å². The van der Waals surface area contributed by atoms with E-state index >= 15 is 0 Å². The van der Waals surface area contributed by atoms with Crippen LogP contribution in [0.1, 0.15) is 39.5 Å². The second-order valence-electron chi connectivity index (χ2n) is 5.47. The van der Waals surface area contributed by atoms with Crippen molar-refractivity contribution in [2.45, 2.75) is 45.6 Å². The molecule has 1 amide bonds. The van der Waals surface area contributed by atoms with Crippen LogP contribution in [0.15, 0.2) is 0 Å². The van der Waals surface area contributed by atoms with Crippen molar-refractivity contribution in [1.82, 2.24) is 4.90 Å². The maximum absolute atomic E-state index is 12.0. The molecule has 0 saturated carbocycles. The number of amides is 1. The fourth-order valence-electron chi connectivity index (χ4n) is 2.69. The highest BCUT2D eigenvalue weighted by molar-refractivity contribution is 5.77. The van der Waals surface area contributed by atoms with E-state index < -0.39 is 0 Å². The Morgan fingerprint density at radius 2 is 2.25 bits per heavy atom. The van der Waals surface area contributed by atoms with Gasteiger partial charge in [0.2, 0.25) is 5.91 Å². The van der Waals surface area contributed by atoms with Gasteiger partial charge in [0.15, 0.2) is 0 Å². The Morgan fingerprint density at radius 3 is 2.81 bits per heavy atom. The second kappa shape index (κ2) is 5.17. The van der Waals surface area contributed by atoms with Crippen LogP contribution in [0.2, 0.25) is 0 Å². The van der Waals surface area contributed by atoms with Gasteiger partial charge in [0.1, 0.15) is 0 Å². The van der Waals surface area contributed by atoms with E-state index in [1.54, 1.807) is 0 Å². The smallest absolute Gasteiger partial charge is 0.225 e. The molecular formula is C13H23NO2. The van der Waals surface area contributed by atoms with Crippen molar-refractivity contribution >= 4 is 5.91 Å². The minimum absolute atomic E-state index is 0.200. The summed E-state index contributed by atoms with van der Waals surface area (Å²) in [6.07, 6.45) is 4.16. The van der Waals surface area contributed by atoms with Crippen LogP contribution in [0, 0.1) is 11.8 Å². The molecule has 2 aliphatic rings. The maximum Gasteiger partial charge on any atom is 0.225 e. The summed E-state index contributed by atoms with van der Waals surface area (Å²) in [6, 6.07) is 0. The number of hydrogen-bond acceptors (Lipinski definition) is 2. The summed E-state index contributed by atoms with van der Waals surface area (Å²) in [5, 5.41) is 0. The molecule has 3 nitrogen and oxygen atoms in total. The molecule has 2 aliphatic heterocycles. The normalized spacial score (nSPS) is 30.3. The Kier molecular flexibility index (Phi) is 3.85. The Morgan fingerprint density at radius 1 is 1.44 bits per heavy atom. The van der Waals surface area contributed by atoms with Crippen molar-refractivity contribution in [2.75, 3.05) is 19.7 Å². The summed E-state index contributed by atoms with van der Waals surface area (Å²) in [5.41, 5.74) is 0. The number of rotatable bonds is 3. The molecule has 0 aromatic heterocycles. The molecule has 2 atom stereocenters. The van der Waals surface area contributed by atoms with Gasteiger partial charge in [-0.05, 0) is 31.1 Å². The molecule has 16 heavy (non-hydrogen) atoms. The van der Waals surface area contributed by atoms with E-state index in [1.807, 2.05) is 4.90 Å². The molecule has 0 bridgehead atoms. The zero-order valence-electron chi connectivity index (χ0n) is 10.4. The first kappa shape index (κ1) is 11.9. The lowest BCUT2D eigenvalue weighted by Gasteiger charge is -2.19. The number of likely N-dealkylation sites (tertiary alicyclic amines) is 1. The van der Waals surface area contributed by atoms with Gasteiger partial charge in [-0.1, -0.05) is 13.8 Å². The largest absolute Gasteiger partial charge is 0.378 e. The Balaban J connectivity index is 1.77. The molecule has 0 spiro atoms. The summed E-state index contributed by atoms with van der Waals surface area (Å²) >= 11 is 0. The molecule has 2 unspecified atom stereocenters. The molecule has 0 aromatic rings. The minimum Gasteiger partial charge on any atom is -0.378 e. The SMILES string of the molecule is CC(C)C1CCN(C(=O)CC2CCCO2)C1. The van der Waals surface area contributed by atoms with Gasteiger partial charge in [0.25, 0.3) is 0 Å². The molecule has 2 saturated heterocycles. The van der Waals surface area contributed by atoms with Crippen LogP contribution in [0.4, 0.5) is 0 Å². The van der Waals surface area contributed by atoms with Crippen molar-refractivity contribution in [2.24, 2.45) is 11.8 Å². The topological polar surface area (TPSA) is 29.5 Å². The fraction of sp³-hybridized carbons (Fsp3) is 0.923. The van der Waals surface area contributed by atoms with Crippen LogP contribution in [0.3, 0.4) is 0 Å². The molecule has 0 aliphatic carbocycles. The first-order valence-electron chi connectivity index (χ1n) is 6.56. The first-order valence-corrected chi connectivity index (χ1v) is 6.56. The van der Waals surface area contributed by atoms with E-state index in [9.17, 15) is 4.79 Å². The predicted molar refractivity (Wildman–Crippen MR) is 63.1 cm³/mol. The first-order chi connectivity index (χ1) is 7.66. The Bertz CT molecular complexity index is 246. The van der Waals surface area contributed by atoms with E-state index in [4.69, 9.17) is 4.74 Å². The van der Waals surface area contributed by atoms with Gasteiger partial charge < -0.3 is 9.64 Å². The fourth-order valence-corrected chi connectivity index (χ4v) is 2.69. The van der Waals surface area contributed by atoms with Gasteiger partial charge in [-0.3, -0.25) is 4.79 Å². The lowest BCUT2D eigenvalue weighted by Crippen LogP contribution is -2.31. The van der Waals surface area contributed by atoms with Crippen LogP contribution in [0.5, 0.6) is 0 Å². The van der Waals surface area contributed by atoms with Crippen molar-refractivity contribution in [3.8, 4) is 0 Å². The van der Waals surface area contributed by atoms with E-state index in [-0.39, 0.29) is 6.10 Å². The summed E-state index contributed by atoms with van der Waals surface area (Å²) in [4.78, 5) is 14.0. The van der Waals surface area contributed by atoms with Gasteiger partial charge in [-0.25, -0.2) is 0 Å². The average Bonchev–Trinajstić information content (AvgIpc) is 2.86. The van der Waals surface area contributed by atoms with E-state index in [2.05, 4.69) is 13.8 Å². The van der Waals surface area contributed by atoms with Crippen LogP contribution in [-0.2, 0) is 9.53 Å². The minimum atomic E-state index is 0.200. The Labute approximate surface area is 98.1 Å². The van der Waals surface area contributed by atoms with Crippen molar-refractivity contribution in [1.29, 1.82) is 0 Å². The summed E-state index contributed by atoms with van der Waals surface area (Å²) < 4.78 is 5.51. The third kappa shape index (κ3) is 2.76. The van der Waals surface area contributed by atoms with E-state index in [0.29, 0.717) is 24.2 Å². The summed E-state index contributed by atoms with van der Waals surface area (Å²) in [5.74, 6) is 1.70. The number of nitrogens with zero attached hydrogens (tertiary/aromatic N) is 1. The molecular weight excluding hydrogens is 202 g/mol. The number of ether oxygens (including phenoxy) is 1. The molecule has 3 heteroatoms. The Hall–Kier alpha value is -0.570. The quantitative estimate of drug-likeness (QED) is 0.736. The van der Waals surface area contributed by atoms with Crippen LogP contribution in [-0.4, -0.2) is 36.6 Å². The third-order valence-corrected chi connectivity index (χ3v) is 3.95. The van der Waals surface area contributed by atoms with Crippen molar-refractivity contribution < 1.29 is 9.53 Å². The highest BCUT2D eigenvalue weighted by atomic mass is 16.5. The van der Waals surface area contributed by atoms with Crippen LogP contribution < -0.4 is 0 Å². The van der Waals surface area contributed by atoms with Gasteiger partial charge >= 0.3 is 0 Å². The highest BCUT2D eigenvalue weighted by Crippen LogP contribution is 2.25. The zero-order chi connectivity index (χ0) is 11.5. The van der Waals surface area contributed by atoms with Crippen molar-refractivity contribution in [3.05, 3.63) is 0 Å². The molecule has 0 radical (unpaired) electrons. The van der Waals surface area contributed by atoms with Crippen LogP contribution >= 0.6 is 0 Å². The van der Waals surface area contributed by atoms with Gasteiger partial charge in [-0.15, -0.1) is 0 Å². The number of carbonyl (C=O) groups is 1. The van der Waals surface area contributed by atoms with Gasteiger partial charge in [0.05, 0.1) is 12.5 Å². The van der Waals surface area contributed by atoms with Gasteiger partial charge in [-0.2, -0.15) is 0 Å². The molecule has 0 aromatic carbocycles. The highest BCUT2D eigenvalue weighted by Gasteiger charge is 2.29. The lowest BCUT2D eigenvalue weighted by atomic mass is 9.95. The average molecular weight is 225 g/mol. The third-order valence-electron chi connectivity index (χ3n) is 3.95. The second-order valence-corrected chi connectivity index (χ2v) is 5.47. The zero-order valence-corrected chi connectivity index (χ0v) is 10.4. The molecule has 2 fully saturated rings. The van der Waals surface area contributed by atoms with Crippen molar-refractivity contribution in [3.63, 3.8) is 0 Å². The standard InChI is InChI=1S/C13H23NO2/c1-10(2)11-5-6-14(9-11)13(15)8-12-4-3-7-16-12/h10-12H,3-9H2,1-2H3. The van der Waals surface area contributed by atoms with Gasteiger partial charge in [0, 0.05) is 19.7 Å². The lowest BCUT2D eigenvalue weighted by molar-refractivity contribution is -0.132. The number of hydrogen-bond donors (Lipinski definition) is 0. The molecule has 2 heterocycles. The molecule has 0 N–H and O–H groups in total. The molecule has 92 valence electrons. The summed E-state index contributed by atoms with van der Waals surface area (Å²) in [7, 11) is 0. The maximum atomic E-state index is 12.0. The van der Waals surface area contributed by atoms with E-state index in [1.165, 1.54) is 6.42 Å². The predicted octanol–water partition coefficient (Wildman–Crippen LogP) is 2.06.